The van der Waals surface area contributed by atoms with Crippen molar-refractivity contribution in [2.45, 2.75) is 0 Å². The van der Waals surface area contributed by atoms with Crippen molar-refractivity contribution < 1.29 is 14.1 Å². The largest absolute Gasteiger partial charge is 0.461 e. The van der Waals surface area contributed by atoms with Gasteiger partial charge in [-0.2, -0.15) is 0 Å². The van der Waals surface area contributed by atoms with Crippen LogP contribution in [-0.4, -0.2) is 37.0 Å². The Bertz CT molecular complexity index is 216. The number of carbonyl (C=O) groups excluding carboxylic acids is 1. The van der Waals surface area contributed by atoms with Crippen LogP contribution >= 0.6 is 0 Å². The Morgan fingerprint density at radius 3 is 2.90 bits per heavy atom. The van der Waals surface area contributed by atoms with Gasteiger partial charge in [-0.25, -0.2) is 9.37 Å². The Hall–Kier alpha value is -1.12. The van der Waals surface area contributed by atoms with Crippen LogP contribution in [0.2, 0.25) is 0 Å². The average Bonchev–Trinajstić information content (AvgIpc) is 2.34. The fourth-order valence-corrected chi connectivity index (χ4v) is 0.876. The minimum Gasteiger partial charge on any atom is -0.461 e. The number of carbonyl (C=O) groups is 1. The van der Waals surface area contributed by atoms with Crippen molar-refractivity contribution in [2.24, 2.45) is 0 Å². The molecule has 0 bridgehead atoms. The van der Waals surface area contributed by atoms with E-state index in [0.717, 1.165) is 6.54 Å². The quantitative estimate of drug-likeness (QED) is 0.373. The van der Waals surface area contributed by atoms with Gasteiger partial charge in [0.25, 0.3) is 5.71 Å². The minimum atomic E-state index is -0.267. The lowest BCUT2D eigenvalue weighted by Crippen LogP contribution is -2.21. The fourth-order valence-electron chi connectivity index (χ4n) is 0.876. The lowest BCUT2D eigenvalue weighted by molar-refractivity contribution is -0.481. The average molecular weight is 140 g/mol. The van der Waals surface area contributed by atoms with E-state index in [1.54, 1.807) is 6.08 Å². The molecule has 1 heterocycles. The molecule has 1 aliphatic heterocycles. The van der Waals surface area contributed by atoms with Gasteiger partial charge in [0.2, 0.25) is 0 Å². The summed E-state index contributed by atoms with van der Waals surface area (Å²) in [6, 6.07) is 0. The Balaban J connectivity index is 2.80. The third kappa shape index (κ3) is 1.07. The molecule has 0 saturated heterocycles. The van der Waals surface area contributed by atoms with Crippen LogP contribution < -0.4 is 0 Å². The topological polar surface area (TPSA) is 29.3 Å². The van der Waals surface area contributed by atoms with Crippen molar-refractivity contribution in [3.63, 3.8) is 0 Å². The molecule has 3 heteroatoms. The molecule has 0 saturated carbocycles. The molecular weight excluding hydrogens is 130 g/mol. The molecule has 0 fully saturated rings. The van der Waals surface area contributed by atoms with Gasteiger partial charge in [0, 0.05) is 6.08 Å². The molecule has 0 spiro atoms. The van der Waals surface area contributed by atoms with Crippen LogP contribution in [0.5, 0.6) is 0 Å². The number of nitrogens with zero attached hydrogens (tertiary/aromatic N) is 1. The molecule has 0 amide bonds. The highest BCUT2D eigenvalue weighted by Crippen LogP contribution is 1.93. The van der Waals surface area contributed by atoms with E-state index in [2.05, 4.69) is 4.74 Å². The Kier molecular flexibility index (Phi) is 1.85. The van der Waals surface area contributed by atoms with E-state index >= 15 is 0 Å². The molecule has 0 N–H and O–H groups in total. The lowest BCUT2D eigenvalue weighted by atomic mass is 10.4. The lowest BCUT2D eigenvalue weighted by Gasteiger charge is -1.92. The van der Waals surface area contributed by atoms with Gasteiger partial charge < -0.3 is 4.74 Å². The van der Waals surface area contributed by atoms with Gasteiger partial charge in [0.1, 0.15) is 7.05 Å². The fraction of sp³-hybridized carbons (Fsp3) is 0.429. The highest BCUT2D eigenvalue weighted by molar-refractivity contribution is 6.39. The number of methoxy groups -OCH3 is 1. The number of hydrogen-bond acceptors (Lipinski definition) is 2. The molecule has 0 aliphatic carbocycles. The summed E-state index contributed by atoms with van der Waals surface area (Å²) in [6.45, 7) is 0.796. The zero-order valence-corrected chi connectivity index (χ0v) is 6.13. The van der Waals surface area contributed by atoms with Crippen molar-refractivity contribution in [3.05, 3.63) is 12.2 Å². The zero-order chi connectivity index (χ0) is 7.56. The molecule has 0 aromatic rings. The first-order chi connectivity index (χ1) is 4.75. The summed E-state index contributed by atoms with van der Waals surface area (Å²) in [5.41, 5.74) is 0.627. The SMILES string of the molecule is COC(=O)C1=[N+](C)CC=C1. The zero-order valence-electron chi connectivity index (χ0n) is 6.13. The Morgan fingerprint density at radius 1 is 1.80 bits per heavy atom. The van der Waals surface area contributed by atoms with Crippen molar-refractivity contribution in [1.29, 1.82) is 0 Å². The van der Waals surface area contributed by atoms with E-state index in [9.17, 15) is 4.79 Å². The van der Waals surface area contributed by atoms with E-state index in [1.165, 1.54) is 7.11 Å². The van der Waals surface area contributed by atoms with Gasteiger partial charge in [0.15, 0.2) is 6.54 Å². The molecule has 3 nitrogen and oxygen atoms in total. The summed E-state index contributed by atoms with van der Waals surface area (Å²) < 4.78 is 6.37. The van der Waals surface area contributed by atoms with E-state index < -0.39 is 0 Å². The van der Waals surface area contributed by atoms with Crippen LogP contribution in [0.4, 0.5) is 0 Å². The van der Waals surface area contributed by atoms with E-state index in [-0.39, 0.29) is 5.97 Å². The normalized spacial score (nSPS) is 16.2. The second-order valence-corrected chi connectivity index (χ2v) is 2.16. The van der Waals surface area contributed by atoms with E-state index in [0.29, 0.717) is 5.71 Å². The van der Waals surface area contributed by atoms with Crippen LogP contribution in [0, 0.1) is 0 Å². The highest BCUT2D eigenvalue weighted by atomic mass is 16.5. The molecule has 1 rings (SSSR count). The first-order valence-corrected chi connectivity index (χ1v) is 3.08. The standard InChI is InChI=1S/C7H10NO2/c1-8-5-3-4-6(8)7(9)10-2/h3-4H,5H2,1-2H3/q+1. The summed E-state index contributed by atoms with van der Waals surface area (Å²) in [4.78, 5) is 10.9. The number of ether oxygens (including phenoxy) is 1. The molecule has 10 heavy (non-hydrogen) atoms. The van der Waals surface area contributed by atoms with Gasteiger partial charge in [-0.05, 0) is 6.08 Å². The van der Waals surface area contributed by atoms with Gasteiger partial charge in [-0.1, -0.05) is 0 Å². The van der Waals surface area contributed by atoms with Crippen LogP contribution in [0.1, 0.15) is 0 Å². The maximum absolute atomic E-state index is 10.9. The molecule has 1 aliphatic rings. The molecule has 0 radical (unpaired) electrons. The van der Waals surface area contributed by atoms with Crippen LogP contribution in [0.3, 0.4) is 0 Å². The second-order valence-electron chi connectivity index (χ2n) is 2.16. The first kappa shape index (κ1) is 6.99. The predicted octanol–water partition coefficient (Wildman–Crippen LogP) is -0.188. The van der Waals surface area contributed by atoms with Gasteiger partial charge in [-0.15, -0.1) is 0 Å². The van der Waals surface area contributed by atoms with Crippen LogP contribution in [0.15, 0.2) is 12.2 Å². The smallest absolute Gasteiger partial charge is 0.402 e. The summed E-state index contributed by atoms with van der Waals surface area (Å²) in [7, 11) is 3.24. The van der Waals surface area contributed by atoms with Crippen molar-refractivity contribution in [3.8, 4) is 0 Å². The second kappa shape index (κ2) is 2.64. The molecule has 0 aromatic carbocycles. The van der Waals surface area contributed by atoms with E-state index in [1.807, 2.05) is 17.7 Å². The van der Waals surface area contributed by atoms with Gasteiger partial charge >= 0.3 is 5.97 Å². The summed E-state index contributed by atoms with van der Waals surface area (Å²) >= 11 is 0. The van der Waals surface area contributed by atoms with Crippen molar-refractivity contribution >= 4 is 11.7 Å². The third-order valence-corrected chi connectivity index (χ3v) is 1.46. The Morgan fingerprint density at radius 2 is 2.50 bits per heavy atom. The predicted molar refractivity (Wildman–Crippen MR) is 37.2 cm³/mol. The first-order valence-electron chi connectivity index (χ1n) is 3.08. The monoisotopic (exact) mass is 140 g/mol. The number of rotatable bonds is 1. The van der Waals surface area contributed by atoms with Crippen LogP contribution in [0.25, 0.3) is 0 Å². The molecular formula is C7H10NO2+. The summed E-state index contributed by atoms with van der Waals surface area (Å²) in [5.74, 6) is -0.267. The van der Waals surface area contributed by atoms with Gasteiger partial charge in [-0.3, -0.25) is 0 Å². The Labute approximate surface area is 59.6 Å². The minimum absolute atomic E-state index is 0.267. The van der Waals surface area contributed by atoms with E-state index in [4.69, 9.17) is 0 Å². The maximum atomic E-state index is 10.9. The summed E-state index contributed by atoms with van der Waals surface area (Å²) in [5, 5.41) is 0. The van der Waals surface area contributed by atoms with Crippen molar-refractivity contribution in [2.75, 3.05) is 20.7 Å². The molecule has 0 atom stereocenters. The third-order valence-electron chi connectivity index (χ3n) is 1.46. The van der Waals surface area contributed by atoms with Crippen molar-refractivity contribution in [1.82, 2.24) is 0 Å². The molecule has 54 valence electrons. The highest BCUT2D eigenvalue weighted by Gasteiger charge is 2.21. The van der Waals surface area contributed by atoms with Gasteiger partial charge in [0.05, 0.1) is 7.11 Å². The van der Waals surface area contributed by atoms with Crippen LogP contribution in [-0.2, 0) is 9.53 Å². The molecule has 0 aromatic heterocycles. The maximum Gasteiger partial charge on any atom is 0.402 e. The molecule has 0 unspecified atom stereocenters. The number of likely N-dealkylation sites (N-methyl/N-ethyl adjacent to an activating group) is 1. The number of hydrogen-bond donors (Lipinski definition) is 0. The number of esters is 1. The summed E-state index contributed by atoms with van der Waals surface area (Å²) in [6.07, 6.45) is 3.69.